The van der Waals surface area contributed by atoms with Crippen LogP contribution in [-0.4, -0.2) is 147 Å². The van der Waals surface area contributed by atoms with Gasteiger partial charge in [-0.2, -0.15) is 0 Å². The molecule has 1 aliphatic carbocycles. The van der Waals surface area contributed by atoms with Crippen molar-refractivity contribution in [1.29, 1.82) is 0 Å². The van der Waals surface area contributed by atoms with Gasteiger partial charge in [-0.25, -0.2) is 4.79 Å². The van der Waals surface area contributed by atoms with E-state index in [1.807, 2.05) is 0 Å². The molecule has 11 N–H and O–H groups in total. The fraction of sp³-hybridized carbons (Fsp3) is 0.962. The molecule has 0 aromatic rings. The normalized spacial score (nSPS) is 36.2. The Kier molecular flexibility index (Phi) is 13.6. The Bertz CT molecular complexity index is 796. The molecule has 3 rings (SSSR count). The highest BCUT2D eigenvalue weighted by Gasteiger charge is 2.73. The van der Waals surface area contributed by atoms with Crippen LogP contribution in [0.25, 0.3) is 0 Å². The summed E-state index contributed by atoms with van der Waals surface area (Å²) in [5, 5.41) is 84.4. The van der Waals surface area contributed by atoms with Crippen molar-refractivity contribution in [2.75, 3.05) is 39.6 Å². The summed E-state index contributed by atoms with van der Waals surface area (Å²) in [6, 6.07) is 0.727. The minimum Gasteiger partial charge on any atom is -0.480 e. The van der Waals surface area contributed by atoms with Gasteiger partial charge in [0.05, 0.1) is 49.0 Å². The van der Waals surface area contributed by atoms with Gasteiger partial charge in [0.1, 0.15) is 12.7 Å². The van der Waals surface area contributed by atoms with Gasteiger partial charge in [-0.05, 0) is 38.5 Å². The van der Waals surface area contributed by atoms with Crippen LogP contribution in [0.3, 0.4) is 0 Å². The van der Waals surface area contributed by atoms with E-state index in [-0.39, 0.29) is 19.4 Å². The monoisotopic (exact) mass is 596 g/mol. The summed E-state index contributed by atoms with van der Waals surface area (Å²) in [4.78, 5) is 11.1. The maximum absolute atomic E-state index is 11.1. The van der Waals surface area contributed by atoms with Crippen LogP contribution in [-0.2, 0) is 23.7 Å². The van der Waals surface area contributed by atoms with Gasteiger partial charge in [-0.1, -0.05) is 6.42 Å². The number of fused-ring (bicyclic) bond motifs is 1. The molecule has 0 aromatic heterocycles. The van der Waals surface area contributed by atoms with Crippen LogP contribution in [0.4, 0.5) is 0 Å². The summed E-state index contributed by atoms with van der Waals surface area (Å²) in [7, 11) is 0. The minimum atomic E-state index is -2.21. The first-order chi connectivity index (χ1) is 19.6. The number of hydrogen-bond donors (Lipinski definition) is 10. The third-order valence-electron chi connectivity index (χ3n) is 8.37. The van der Waals surface area contributed by atoms with Gasteiger partial charge >= 0.3 is 5.97 Å². The number of carbonyl (C=O) groups is 1. The molecule has 41 heavy (non-hydrogen) atoms. The fourth-order valence-electron chi connectivity index (χ4n) is 6.22. The molecular weight excluding hydrogens is 548 g/mol. The summed E-state index contributed by atoms with van der Waals surface area (Å²) in [5.41, 5.74) is 5.76. The van der Waals surface area contributed by atoms with Crippen LogP contribution in [0.2, 0.25) is 0 Å². The standard InChI is InChI=1S/C26H48N2O13/c27-11-15-4-1-3-14(28-15)5-2-9-38-10-7-16(31)24(18(6-8-29)39-13-19(33)34)40-25-21-23(36)22(35)20(17(32)12-30)26(21,37)41-25/h14-18,20-25,28-32,35-37H,1-13,27H2,(H,33,34). The van der Waals surface area contributed by atoms with Gasteiger partial charge in [0.25, 0.3) is 0 Å². The van der Waals surface area contributed by atoms with Gasteiger partial charge in [-0.3, -0.25) is 0 Å². The van der Waals surface area contributed by atoms with E-state index >= 15 is 0 Å². The fourth-order valence-corrected chi connectivity index (χ4v) is 6.22. The molecule has 2 saturated heterocycles. The van der Waals surface area contributed by atoms with E-state index in [2.05, 4.69) is 5.32 Å². The van der Waals surface area contributed by atoms with Crippen LogP contribution in [0.15, 0.2) is 0 Å². The number of carboxylic acid groups (broad SMARTS) is 1. The molecule has 2 aliphatic heterocycles. The molecule has 15 nitrogen and oxygen atoms in total. The Morgan fingerprint density at radius 2 is 1.83 bits per heavy atom. The quantitative estimate of drug-likeness (QED) is 0.0652. The maximum atomic E-state index is 11.1. The number of carboxylic acids is 1. The van der Waals surface area contributed by atoms with Gasteiger partial charge in [0.15, 0.2) is 12.1 Å². The zero-order valence-corrected chi connectivity index (χ0v) is 23.2. The van der Waals surface area contributed by atoms with E-state index in [0.717, 1.165) is 32.1 Å². The number of nitrogens with one attached hydrogen (secondary N) is 1. The molecular formula is C26H48N2O13. The molecule has 3 fully saturated rings. The summed E-state index contributed by atoms with van der Waals surface area (Å²) in [6.07, 6.45) is -4.90. The molecule has 3 aliphatic rings. The zero-order chi connectivity index (χ0) is 30.2. The predicted molar refractivity (Wildman–Crippen MR) is 140 cm³/mol. The Balaban J connectivity index is 1.57. The molecule has 12 unspecified atom stereocenters. The molecule has 2 heterocycles. The largest absolute Gasteiger partial charge is 0.480 e. The van der Waals surface area contributed by atoms with Gasteiger partial charge < -0.3 is 70.9 Å². The molecule has 0 aromatic carbocycles. The second kappa shape index (κ2) is 16.1. The first-order valence-corrected chi connectivity index (χ1v) is 14.4. The van der Waals surface area contributed by atoms with Crippen molar-refractivity contribution in [3.8, 4) is 0 Å². The highest BCUT2D eigenvalue weighted by atomic mass is 16.8. The molecule has 15 heteroatoms. The van der Waals surface area contributed by atoms with Crippen molar-refractivity contribution >= 4 is 5.97 Å². The van der Waals surface area contributed by atoms with Gasteiger partial charge in [-0.15, -0.1) is 0 Å². The Morgan fingerprint density at radius 1 is 1.10 bits per heavy atom. The average Bonchev–Trinajstić information content (AvgIpc) is 3.09. The van der Waals surface area contributed by atoms with Crippen LogP contribution >= 0.6 is 0 Å². The van der Waals surface area contributed by atoms with Crippen molar-refractivity contribution in [3.05, 3.63) is 0 Å². The van der Waals surface area contributed by atoms with E-state index in [0.29, 0.717) is 25.2 Å². The van der Waals surface area contributed by atoms with Crippen molar-refractivity contribution in [2.45, 2.75) is 106 Å². The number of aliphatic carboxylic acids is 1. The Labute approximate surface area is 239 Å². The SMILES string of the molecule is NCC1CCCC(CCCOCCC(O)C(OC2OC3(O)C(C(O)CO)C(O)C(O)C23)C(CCO)OCC(=O)O)N1. The third kappa shape index (κ3) is 8.53. The third-order valence-corrected chi connectivity index (χ3v) is 8.37. The van der Waals surface area contributed by atoms with E-state index < -0.39 is 86.3 Å². The number of ether oxygens (including phenoxy) is 4. The Morgan fingerprint density at radius 3 is 2.49 bits per heavy atom. The van der Waals surface area contributed by atoms with Gasteiger partial charge in [0.2, 0.25) is 0 Å². The maximum Gasteiger partial charge on any atom is 0.329 e. The van der Waals surface area contributed by atoms with Crippen LogP contribution in [0, 0.1) is 11.8 Å². The zero-order valence-electron chi connectivity index (χ0n) is 23.2. The number of piperidine rings is 1. The highest BCUT2D eigenvalue weighted by Crippen LogP contribution is 2.54. The highest BCUT2D eigenvalue weighted by molar-refractivity contribution is 5.68. The predicted octanol–water partition coefficient (Wildman–Crippen LogP) is -3.39. The lowest BCUT2D eigenvalue weighted by atomic mass is 9.86. The van der Waals surface area contributed by atoms with Crippen LogP contribution in [0.1, 0.15) is 44.9 Å². The van der Waals surface area contributed by atoms with Crippen molar-refractivity contribution in [1.82, 2.24) is 5.32 Å². The van der Waals surface area contributed by atoms with E-state index in [4.69, 9.17) is 29.8 Å². The summed E-state index contributed by atoms with van der Waals surface area (Å²) < 4.78 is 22.4. The lowest BCUT2D eigenvalue weighted by molar-refractivity contribution is -0.453. The molecule has 0 bridgehead atoms. The summed E-state index contributed by atoms with van der Waals surface area (Å²) >= 11 is 0. The Hall–Kier alpha value is -1.05. The van der Waals surface area contributed by atoms with Gasteiger partial charge in [0, 0.05) is 38.4 Å². The van der Waals surface area contributed by atoms with E-state index in [1.54, 1.807) is 0 Å². The molecule has 0 spiro atoms. The molecule has 1 saturated carbocycles. The molecule has 0 amide bonds. The second-order valence-electron chi connectivity index (χ2n) is 11.2. The number of aliphatic hydroxyl groups is 7. The first-order valence-electron chi connectivity index (χ1n) is 14.4. The first kappa shape index (κ1) is 34.4. The summed E-state index contributed by atoms with van der Waals surface area (Å²) in [6.45, 7) is -0.748. The van der Waals surface area contributed by atoms with Crippen molar-refractivity contribution in [2.24, 2.45) is 17.6 Å². The number of aliphatic hydroxyl groups excluding tert-OH is 6. The number of rotatable bonds is 19. The lowest BCUT2D eigenvalue weighted by Crippen LogP contribution is -2.66. The number of hydrogen-bond acceptors (Lipinski definition) is 14. The second-order valence-corrected chi connectivity index (χ2v) is 11.2. The topological polar surface area (TPSA) is 254 Å². The van der Waals surface area contributed by atoms with Crippen LogP contribution < -0.4 is 11.1 Å². The van der Waals surface area contributed by atoms with E-state index in [9.17, 15) is 40.5 Å². The average molecular weight is 597 g/mol. The molecule has 0 radical (unpaired) electrons. The minimum absolute atomic E-state index is 0.0542. The molecule has 12 atom stereocenters. The van der Waals surface area contributed by atoms with E-state index in [1.165, 1.54) is 0 Å². The van der Waals surface area contributed by atoms with Crippen molar-refractivity contribution < 1.29 is 64.6 Å². The van der Waals surface area contributed by atoms with Crippen LogP contribution in [0.5, 0.6) is 0 Å². The number of nitrogens with two attached hydrogens (primary N) is 1. The summed E-state index contributed by atoms with van der Waals surface area (Å²) in [5.74, 6) is -6.17. The smallest absolute Gasteiger partial charge is 0.329 e. The lowest BCUT2D eigenvalue weighted by Gasteiger charge is -2.51. The molecule has 240 valence electrons. The van der Waals surface area contributed by atoms with Crippen molar-refractivity contribution in [3.63, 3.8) is 0 Å².